The van der Waals surface area contributed by atoms with Crippen LogP contribution in [0.4, 0.5) is 11.4 Å². The summed E-state index contributed by atoms with van der Waals surface area (Å²) in [5.74, 6) is 0.101. The minimum Gasteiger partial charge on any atom is -0.369 e. The van der Waals surface area contributed by atoms with Gasteiger partial charge in [-0.15, -0.1) is 0 Å². The number of benzene rings is 2. The van der Waals surface area contributed by atoms with Crippen molar-refractivity contribution in [2.75, 3.05) is 47.7 Å². The summed E-state index contributed by atoms with van der Waals surface area (Å²) in [4.78, 5) is 2.39. The molecule has 2 aromatic rings. The SMILES string of the molecule is Cc1cccc(N2CCN(S(=O)(=O)c3cc(N4CCCCS4(=O)=O)ccc3C)CC2)c1. The van der Waals surface area contributed by atoms with E-state index in [4.69, 9.17) is 0 Å². The third kappa shape index (κ3) is 4.44. The van der Waals surface area contributed by atoms with Gasteiger partial charge in [0, 0.05) is 38.4 Å². The molecule has 31 heavy (non-hydrogen) atoms. The molecule has 0 unspecified atom stereocenters. The van der Waals surface area contributed by atoms with Crippen LogP contribution in [0.3, 0.4) is 0 Å². The molecule has 0 saturated carbocycles. The molecule has 2 saturated heterocycles. The van der Waals surface area contributed by atoms with E-state index in [2.05, 4.69) is 11.0 Å². The Morgan fingerprint density at radius 3 is 2.26 bits per heavy atom. The van der Waals surface area contributed by atoms with E-state index in [1.807, 2.05) is 25.1 Å². The first-order valence-corrected chi connectivity index (χ1v) is 13.7. The van der Waals surface area contributed by atoms with Gasteiger partial charge in [0.05, 0.1) is 16.3 Å². The lowest BCUT2D eigenvalue weighted by atomic mass is 10.2. The first kappa shape index (κ1) is 22.1. The number of rotatable bonds is 4. The molecule has 0 radical (unpaired) electrons. The largest absolute Gasteiger partial charge is 0.369 e. The van der Waals surface area contributed by atoms with Gasteiger partial charge in [0.15, 0.2) is 0 Å². The zero-order valence-electron chi connectivity index (χ0n) is 18.0. The van der Waals surface area contributed by atoms with Crippen LogP contribution < -0.4 is 9.21 Å². The van der Waals surface area contributed by atoms with Crippen LogP contribution in [0.15, 0.2) is 47.4 Å². The van der Waals surface area contributed by atoms with E-state index in [-0.39, 0.29) is 10.6 Å². The molecule has 2 heterocycles. The van der Waals surface area contributed by atoms with Gasteiger partial charge < -0.3 is 4.90 Å². The van der Waals surface area contributed by atoms with Crippen molar-refractivity contribution >= 4 is 31.4 Å². The number of nitrogens with zero attached hydrogens (tertiary/aromatic N) is 3. The molecule has 0 N–H and O–H groups in total. The summed E-state index contributed by atoms with van der Waals surface area (Å²) in [6, 6.07) is 13.1. The third-order valence-corrected chi connectivity index (χ3v) is 9.94. The van der Waals surface area contributed by atoms with Gasteiger partial charge in [-0.2, -0.15) is 4.31 Å². The molecule has 0 aromatic heterocycles. The highest BCUT2D eigenvalue weighted by atomic mass is 32.2. The van der Waals surface area contributed by atoms with Crippen molar-refractivity contribution in [3.05, 3.63) is 53.6 Å². The second-order valence-electron chi connectivity index (χ2n) is 8.28. The number of hydrogen-bond donors (Lipinski definition) is 0. The topological polar surface area (TPSA) is 78.0 Å². The summed E-state index contributed by atoms with van der Waals surface area (Å²) in [5, 5.41) is 0. The maximum atomic E-state index is 13.4. The molecule has 0 aliphatic carbocycles. The highest BCUT2D eigenvalue weighted by Crippen LogP contribution is 2.30. The monoisotopic (exact) mass is 463 g/mol. The maximum absolute atomic E-state index is 13.4. The summed E-state index contributed by atoms with van der Waals surface area (Å²) in [6.45, 7) is 6.20. The Kier molecular flexibility index (Phi) is 6.02. The average molecular weight is 464 g/mol. The van der Waals surface area contributed by atoms with Crippen molar-refractivity contribution in [2.45, 2.75) is 31.6 Å². The summed E-state index contributed by atoms with van der Waals surface area (Å²) in [7, 11) is -7.12. The van der Waals surface area contributed by atoms with Crippen LogP contribution in [0.2, 0.25) is 0 Å². The number of aryl methyl sites for hydroxylation is 2. The first-order chi connectivity index (χ1) is 14.7. The van der Waals surface area contributed by atoms with Gasteiger partial charge in [-0.3, -0.25) is 4.31 Å². The Bertz CT molecular complexity index is 1170. The zero-order chi connectivity index (χ0) is 22.2. The van der Waals surface area contributed by atoms with E-state index in [1.165, 1.54) is 20.2 Å². The van der Waals surface area contributed by atoms with Crippen LogP contribution in [-0.2, 0) is 20.0 Å². The third-order valence-electron chi connectivity index (χ3n) is 6.03. The summed E-state index contributed by atoms with van der Waals surface area (Å²) >= 11 is 0. The van der Waals surface area contributed by atoms with E-state index >= 15 is 0 Å². The fourth-order valence-electron chi connectivity index (χ4n) is 4.25. The van der Waals surface area contributed by atoms with Crippen molar-refractivity contribution in [3.63, 3.8) is 0 Å². The van der Waals surface area contributed by atoms with Gasteiger partial charge in [0.2, 0.25) is 20.0 Å². The smallest absolute Gasteiger partial charge is 0.243 e. The highest BCUT2D eigenvalue weighted by Gasteiger charge is 2.32. The molecular formula is C22H29N3O4S2. The summed E-state index contributed by atoms with van der Waals surface area (Å²) in [6.07, 6.45) is 1.41. The molecule has 7 nitrogen and oxygen atoms in total. The predicted molar refractivity (Wildman–Crippen MR) is 124 cm³/mol. The Hall–Kier alpha value is -2.10. The maximum Gasteiger partial charge on any atom is 0.243 e. The van der Waals surface area contributed by atoms with E-state index in [0.29, 0.717) is 50.4 Å². The zero-order valence-corrected chi connectivity index (χ0v) is 19.6. The molecule has 0 amide bonds. The van der Waals surface area contributed by atoms with Crippen LogP contribution >= 0.6 is 0 Å². The number of piperazine rings is 1. The van der Waals surface area contributed by atoms with Gasteiger partial charge in [0.25, 0.3) is 0 Å². The lowest BCUT2D eigenvalue weighted by molar-refractivity contribution is 0.384. The van der Waals surface area contributed by atoms with Gasteiger partial charge >= 0.3 is 0 Å². The second kappa shape index (κ2) is 8.44. The van der Waals surface area contributed by atoms with Gasteiger partial charge in [-0.05, 0) is 62.1 Å². The number of sulfonamides is 2. The Labute approximate surface area is 185 Å². The Balaban J connectivity index is 1.56. The molecule has 0 bridgehead atoms. The van der Waals surface area contributed by atoms with Crippen LogP contribution in [0.1, 0.15) is 24.0 Å². The minimum absolute atomic E-state index is 0.101. The lowest BCUT2D eigenvalue weighted by Gasteiger charge is -2.36. The van der Waals surface area contributed by atoms with E-state index in [0.717, 1.165) is 12.1 Å². The molecule has 9 heteroatoms. The first-order valence-electron chi connectivity index (χ1n) is 10.6. The molecule has 2 aromatic carbocycles. The second-order valence-corrected chi connectivity index (χ2v) is 12.2. The molecule has 2 fully saturated rings. The molecule has 0 atom stereocenters. The van der Waals surface area contributed by atoms with Crippen LogP contribution in [0.25, 0.3) is 0 Å². The normalized spacial score (nSPS) is 20.1. The average Bonchev–Trinajstić information content (AvgIpc) is 2.74. The molecule has 4 rings (SSSR count). The molecule has 0 spiro atoms. The fraction of sp³-hybridized carbons (Fsp3) is 0.455. The van der Waals surface area contributed by atoms with Crippen LogP contribution in [0.5, 0.6) is 0 Å². The van der Waals surface area contributed by atoms with E-state index < -0.39 is 20.0 Å². The van der Waals surface area contributed by atoms with Gasteiger partial charge in [-0.25, -0.2) is 16.8 Å². The van der Waals surface area contributed by atoms with Crippen molar-refractivity contribution in [1.82, 2.24) is 4.31 Å². The van der Waals surface area contributed by atoms with Gasteiger partial charge in [-0.1, -0.05) is 18.2 Å². The lowest BCUT2D eigenvalue weighted by Crippen LogP contribution is -2.48. The van der Waals surface area contributed by atoms with Crippen LogP contribution in [-0.4, -0.2) is 59.6 Å². The highest BCUT2D eigenvalue weighted by molar-refractivity contribution is 7.92. The fourth-order valence-corrected chi connectivity index (χ4v) is 7.55. The standard InChI is InChI=1S/C22H29N3O4S2/c1-18-6-5-7-20(16-18)23-11-13-24(14-12-23)31(28,29)22-17-21(9-8-19(22)2)25-10-3-4-15-30(25,26)27/h5-9,16-17H,3-4,10-15H2,1-2H3. The van der Waals surface area contributed by atoms with E-state index in [1.54, 1.807) is 19.1 Å². The van der Waals surface area contributed by atoms with Crippen molar-refractivity contribution in [3.8, 4) is 0 Å². The van der Waals surface area contributed by atoms with Crippen molar-refractivity contribution in [1.29, 1.82) is 0 Å². The van der Waals surface area contributed by atoms with Crippen LogP contribution in [0, 0.1) is 13.8 Å². The molecule has 168 valence electrons. The quantitative estimate of drug-likeness (QED) is 0.697. The van der Waals surface area contributed by atoms with Crippen molar-refractivity contribution in [2.24, 2.45) is 0 Å². The molecule has 2 aliphatic rings. The summed E-state index contributed by atoms with van der Waals surface area (Å²) < 4.78 is 54.7. The minimum atomic E-state index is -3.72. The predicted octanol–water partition coefficient (Wildman–Crippen LogP) is 2.74. The Morgan fingerprint density at radius 2 is 1.58 bits per heavy atom. The van der Waals surface area contributed by atoms with Crippen molar-refractivity contribution < 1.29 is 16.8 Å². The number of anilines is 2. The molecular weight excluding hydrogens is 434 g/mol. The Morgan fingerprint density at radius 1 is 0.839 bits per heavy atom. The summed E-state index contributed by atoms with van der Waals surface area (Å²) in [5.41, 5.74) is 3.33. The van der Waals surface area contributed by atoms with Gasteiger partial charge in [0.1, 0.15) is 0 Å². The van der Waals surface area contributed by atoms with E-state index in [9.17, 15) is 16.8 Å². The molecule has 2 aliphatic heterocycles. The number of hydrogen-bond acceptors (Lipinski definition) is 5.